The van der Waals surface area contributed by atoms with Crippen molar-refractivity contribution in [1.82, 2.24) is 9.88 Å². The zero-order valence-electron chi connectivity index (χ0n) is 14.9. The zero-order chi connectivity index (χ0) is 18.5. The predicted octanol–water partition coefficient (Wildman–Crippen LogP) is 2.01. The Morgan fingerprint density at radius 3 is 2.54 bits per heavy atom. The Morgan fingerprint density at radius 1 is 1.12 bits per heavy atom. The maximum Gasteiger partial charge on any atom is 0.274 e. The van der Waals surface area contributed by atoms with E-state index in [1.807, 2.05) is 23.1 Å². The van der Waals surface area contributed by atoms with E-state index < -0.39 is 0 Å². The second-order valence-corrected chi connectivity index (χ2v) is 6.05. The van der Waals surface area contributed by atoms with E-state index in [0.29, 0.717) is 30.2 Å². The number of carbonyl (C=O) groups is 2. The highest BCUT2D eigenvalue weighted by molar-refractivity contribution is 6.04. The number of carbonyl (C=O) groups excluding carboxylic acids is 2. The molecule has 0 radical (unpaired) electrons. The molecule has 0 saturated carbocycles. The number of benzene rings is 1. The number of pyridine rings is 1. The number of piperazine rings is 1. The van der Waals surface area contributed by atoms with Crippen LogP contribution in [0.15, 0.2) is 42.6 Å². The quantitative estimate of drug-likeness (QED) is 0.909. The predicted molar refractivity (Wildman–Crippen MR) is 99.7 cm³/mol. The summed E-state index contributed by atoms with van der Waals surface area (Å²) in [6, 6.07) is 10.9. The number of rotatable bonds is 4. The maximum atomic E-state index is 12.6. The van der Waals surface area contributed by atoms with Crippen LogP contribution < -0.4 is 15.0 Å². The van der Waals surface area contributed by atoms with Gasteiger partial charge < -0.3 is 19.9 Å². The average molecular weight is 354 g/mol. The smallest absolute Gasteiger partial charge is 0.274 e. The molecule has 0 unspecified atom stereocenters. The number of aromatic nitrogens is 1. The van der Waals surface area contributed by atoms with Gasteiger partial charge in [0.1, 0.15) is 11.4 Å². The minimum absolute atomic E-state index is 0.0938. The second-order valence-electron chi connectivity index (χ2n) is 6.05. The molecular formula is C19H22N4O3. The lowest BCUT2D eigenvalue weighted by Gasteiger charge is -2.35. The average Bonchev–Trinajstić information content (AvgIpc) is 2.68. The van der Waals surface area contributed by atoms with Crippen molar-refractivity contribution in [2.75, 3.05) is 43.5 Å². The first-order valence-electron chi connectivity index (χ1n) is 8.49. The van der Waals surface area contributed by atoms with Crippen molar-refractivity contribution in [3.05, 3.63) is 48.3 Å². The van der Waals surface area contributed by atoms with E-state index in [9.17, 15) is 9.59 Å². The molecule has 1 aliphatic rings. The molecule has 0 aliphatic carbocycles. The summed E-state index contributed by atoms with van der Waals surface area (Å²) in [6.07, 6.45) is 1.63. The Bertz CT molecular complexity index is 801. The molecular weight excluding hydrogens is 332 g/mol. The van der Waals surface area contributed by atoms with Crippen LogP contribution in [0.4, 0.5) is 11.4 Å². The van der Waals surface area contributed by atoms with Crippen LogP contribution in [0.3, 0.4) is 0 Å². The van der Waals surface area contributed by atoms with Gasteiger partial charge in [0.2, 0.25) is 5.91 Å². The molecule has 0 atom stereocenters. The first-order valence-corrected chi connectivity index (χ1v) is 8.49. The topological polar surface area (TPSA) is 74.8 Å². The van der Waals surface area contributed by atoms with Crippen molar-refractivity contribution < 1.29 is 14.3 Å². The number of methoxy groups -OCH3 is 1. The maximum absolute atomic E-state index is 12.6. The summed E-state index contributed by atoms with van der Waals surface area (Å²) >= 11 is 0. The number of hydrogen-bond donors (Lipinski definition) is 1. The summed E-state index contributed by atoms with van der Waals surface area (Å²) in [5, 5.41) is 2.83. The summed E-state index contributed by atoms with van der Waals surface area (Å²) in [4.78, 5) is 32.2. The van der Waals surface area contributed by atoms with Crippen molar-refractivity contribution in [2.24, 2.45) is 0 Å². The number of para-hydroxylation sites is 2. The van der Waals surface area contributed by atoms with Crippen LogP contribution in [-0.4, -0.2) is 55.0 Å². The van der Waals surface area contributed by atoms with Gasteiger partial charge in [-0.05, 0) is 24.3 Å². The summed E-state index contributed by atoms with van der Waals surface area (Å²) in [7, 11) is 1.56. The molecule has 0 bridgehead atoms. The Kier molecular flexibility index (Phi) is 5.36. The molecule has 3 rings (SSSR count). The van der Waals surface area contributed by atoms with Crippen molar-refractivity contribution >= 4 is 23.2 Å². The van der Waals surface area contributed by atoms with Crippen LogP contribution in [0.2, 0.25) is 0 Å². The number of ether oxygens (including phenoxy) is 1. The van der Waals surface area contributed by atoms with Gasteiger partial charge >= 0.3 is 0 Å². The standard InChI is InChI=1S/C19H22N4O3/c1-14(24)22-9-11-23(12-10-22)15-7-8-20-17(13-15)19(25)21-16-5-3-4-6-18(16)26-2/h3-8,13H,9-12H2,1-2H3,(H,21,25). The molecule has 1 aromatic heterocycles. The zero-order valence-corrected chi connectivity index (χ0v) is 14.9. The Hall–Kier alpha value is -3.09. The molecule has 136 valence electrons. The third-order valence-electron chi connectivity index (χ3n) is 4.42. The van der Waals surface area contributed by atoms with Gasteiger partial charge in [0.15, 0.2) is 0 Å². The molecule has 0 spiro atoms. The summed E-state index contributed by atoms with van der Waals surface area (Å²) in [5.74, 6) is 0.396. The molecule has 1 saturated heterocycles. The van der Waals surface area contributed by atoms with E-state index in [-0.39, 0.29) is 11.8 Å². The Balaban J connectivity index is 1.71. The van der Waals surface area contributed by atoms with Gasteiger partial charge in [-0.1, -0.05) is 12.1 Å². The van der Waals surface area contributed by atoms with E-state index in [4.69, 9.17) is 4.74 Å². The lowest BCUT2D eigenvalue weighted by molar-refractivity contribution is -0.129. The number of amides is 2. The Morgan fingerprint density at radius 2 is 1.85 bits per heavy atom. The second kappa shape index (κ2) is 7.86. The summed E-state index contributed by atoms with van der Waals surface area (Å²) in [5.41, 5.74) is 1.86. The minimum atomic E-state index is -0.293. The largest absolute Gasteiger partial charge is 0.495 e. The lowest BCUT2D eigenvalue weighted by Crippen LogP contribution is -2.48. The molecule has 2 heterocycles. The summed E-state index contributed by atoms with van der Waals surface area (Å²) < 4.78 is 5.25. The fraction of sp³-hybridized carbons (Fsp3) is 0.316. The highest BCUT2D eigenvalue weighted by Crippen LogP contribution is 2.24. The lowest BCUT2D eigenvalue weighted by atomic mass is 10.2. The first-order chi connectivity index (χ1) is 12.6. The fourth-order valence-corrected chi connectivity index (χ4v) is 2.95. The fourth-order valence-electron chi connectivity index (χ4n) is 2.95. The van der Waals surface area contributed by atoms with Crippen molar-refractivity contribution in [3.63, 3.8) is 0 Å². The van der Waals surface area contributed by atoms with Crippen LogP contribution in [0.1, 0.15) is 17.4 Å². The van der Waals surface area contributed by atoms with E-state index >= 15 is 0 Å². The number of nitrogens with one attached hydrogen (secondary N) is 1. The molecule has 26 heavy (non-hydrogen) atoms. The molecule has 7 heteroatoms. The molecule has 1 aliphatic heterocycles. The SMILES string of the molecule is COc1ccccc1NC(=O)c1cc(N2CCN(C(C)=O)CC2)ccn1. The van der Waals surface area contributed by atoms with Crippen LogP contribution in [-0.2, 0) is 4.79 Å². The Labute approximate surface area is 152 Å². The monoisotopic (exact) mass is 354 g/mol. The molecule has 7 nitrogen and oxygen atoms in total. The highest BCUT2D eigenvalue weighted by Gasteiger charge is 2.20. The van der Waals surface area contributed by atoms with Crippen molar-refractivity contribution in [3.8, 4) is 5.75 Å². The van der Waals surface area contributed by atoms with Gasteiger partial charge in [0.05, 0.1) is 12.8 Å². The van der Waals surface area contributed by atoms with Crippen LogP contribution >= 0.6 is 0 Å². The number of nitrogens with zero attached hydrogens (tertiary/aromatic N) is 3. The summed E-state index contributed by atoms with van der Waals surface area (Å²) in [6.45, 7) is 4.41. The molecule has 2 aromatic rings. The van der Waals surface area contributed by atoms with Crippen molar-refractivity contribution in [2.45, 2.75) is 6.92 Å². The van der Waals surface area contributed by atoms with E-state index in [1.54, 1.807) is 38.4 Å². The number of hydrogen-bond acceptors (Lipinski definition) is 5. The van der Waals surface area contributed by atoms with Gasteiger partial charge in [-0.2, -0.15) is 0 Å². The highest BCUT2D eigenvalue weighted by atomic mass is 16.5. The normalized spacial score (nSPS) is 14.1. The molecule has 2 amide bonds. The number of anilines is 2. The third kappa shape index (κ3) is 3.93. The van der Waals surface area contributed by atoms with Gasteiger partial charge in [0.25, 0.3) is 5.91 Å². The van der Waals surface area contributed by atoms with Gasteiger partial charge in [0, 0.05) is 45.0 Å². The van der Waals surface area contributed by atoms with E-state index in [0.717, 1.165) is 18.8 Å². The molecule has 1 N–H and O–H groups in total. The van der Waals surface area contributed by atoms with Crippen LogP contribution in [0.5, 0.6) is 5.75 Å². The van der Waals surface area contributed by atoms with Crippen LogP contribution in [0.25, 0.3) is 0 Å². The minimum Gasteiger partial charge on any atom is -0.495 e. The van der Waals surface area contributed by atoms with E-state index in [2.05, 4.69) is 15.2 Å². The van der Waals surface area contributed by atoms with Gasteiger partial charge in [-0.3, -0.25) is 14.6 Å². The van der Waals surface area contributed by atoms with Gasteiger partial charge in [-0.25, -0.2) is 0 Å². The molecule has 1 fully saturated rings. The van der Waals surface area contributed by atoms with Crippen molar-refractivity contribution in [1.29, 1.82) is 0 Å². The first kappa shape index (κ1) is 17.7. The van der Waals surface area contributed by atoms with Crippen LogP contribution in [0, 0.1) is 0 Å². The van der Waals surface area contributed by atoms with Gasteiger partial charge in [-0.15, -0.1) is 0 Å². The molecule has 1 aromatic carbocycles. The third-order valence-corrected chi connectivity index (χ3v) is 4.42. The van der Waals surface area contributed by atoms with E-state index in [1.165, 1.54) is 0 Å².